The van der Waals surface area contributed by atoms with Crippen molar-refractivity contribution in [3.8, 4) is 0 Å². The van der Waals surface area contributed by atoms with Crippen LogP contribution in [0, 0.1) is 0 Å². The molecule has 1 fully saturated rings. The zero-order chi connectivity index (χ0) is 21.5. The molecule has 1 saturated heterocycles. The Bertz CT molecular complexity index is 760. The van der Waals surface area contributed by atoms with Gasteiger partial charge in [-0.15, -0.1) is 0 Å². The number of halogens is 1. The number of rotatable bonds is 2. The summed E-state index contributed by atoms with van der Waals surface area (Å²) in [6.07, 6.45) is 10.1. The topological polar surface area (TPSA) is 56.6 Å². The molecule has 0 radical (unpaired) electrons. The van der Waals surface area contributed by atoms with Crippen molar-refractivity contribution < 1.29 is 4.39 Å². The van der Waals surface area contributed by atoms with Gasteiger partial charge in [-0.1, -0.05) is 49.6 Å². The molecular weight excluding hydrogens is 389 g/mol. The number of nitrogens with zero attached hydrogens (tertiary/aromatic N) is 2. The summed E-state index contributed by atoms with van der Waals surface area (Å²) < 4.78 is 15.8. The van der Waals surface area contributed by atoms with Crippen LogP contribution in [0.5, 0.6) is 0 Å². The van der Waals surface area contributed by atoms with E-state index >= 15 is 4.39 Å². The van der Waals surface area contributed by atoms with Gasteiger partial charge in [-0.2, -0.15) is 0 Å². The highest BCUT2D eigenvalue weighted by molar-refractivity contribution is 5.38. The molecule has 0 saturated carbocycles. The van der Waals surface area contributed by atoms with E-state index in [9.17, 15) is 0 Å². The van der Waals surface area contributed by atoms with Gasteiger partial charge >= 0.3 is 0 Å². The third-order valence-corrected chi connectivity index (χ3v) is 6.70. The average Bonchev–Trinajstić information content (AvgIpc) is 2.80. The predicted octanol–water partition coefficient (Wildman–Crippen LogP) is 3.07. The normalized spacial score (nSPS) is 26.8. The van der Waals surface area contributed by atoms with Gasteiger partial charge < -0.3 is 21.3 Å². The van der Waals surface area contributed by atoms with Crippen LogP contribution in [0.1, 0.15) is 49.4 Å². The average molecular weight is 428 g/mol. The minimum Gasteiger partial charge on any atom is -0.350 e. The van der Waals surface area contributed by atoms with E-state index in [0.717, 1.165) is 63.2 Å². The monoisotopic (exact) mass is 427 g/mol. The number of hydrogen-bond acceptors (Lipinski definition) is 5. The van der Waals surface area contributed by atoms with Crippen molar-refractivity contribution >= 4 is 0 Å². The van der Waals surface area contributed by atoms with E-state index < -0.39 is 6.30 Å². The molecule has 6 heteroatoms. The molecule has 4 N–H and O–H groups in total. The summed E-state index contributed by atoms with van der Waals surface area (Å²) in [5, 5.41) is 6.77. The van der Waals surface area contributed by atoms with Gasteiger partial charge in [0.25, 0.3) is 0 Å². The summed E-state index contributed by atoms with van der Waals surface area (Å²) in [5.74, 6) is 0. The Labute approximate surface area is 186 Å². The molecular formula is C25H38FN5. The first-order valence-corrected chi connectivity index (χ1v) is 12.0. The fraction of sp³-hybridized carbons (Fsp3) is 0.600. The van der Waals surface area contributed by atoms with Crippen LogP contribution in [0.25, 0.3) is 0 Å². The molecule has 2 atom stereocenters. The quantitative estimate of drug-likeness (QED) is 0.634. The lowest BCUT2D eigenvalue weighted by Gasteiger charge is -2.45. The second-order valence-corrected chi connectivity index (χ2v) is 8.96. The molecule has 1 aromatic carbocycles. The Kier molecular flexibility index (Phi) is 8.14. The molecule has 31 heavy (non-hydrogen) atoms. The summed E-state index contributed by atoms with van der Waals surface area (Å²) in [7, 11) is 0. The van der Waals surface area contributed by atoms with Gasteiger partial charge in [0.2, 0.25) is 0 Å². The molecule has 4 bridgehead atoms. The number of nitrogens with one attached hydrogen (secondary N) is 2. The van der Waals surface area contributed by atoms with Crippen molar-refractivity contribution in [2.24, 2.45) is 5.73 Å². The van der Waals surface area contributed by atoms with Crippen LogP contribution in [0.15, 0.2) is 47.7 Å². The Morgan fingerprint density at radius 3 is 2.58 bits per heavy atom. The minimum absolute atomic E-state index is 0.150. The maximum atomic E-state index is 15.8. The van der Waals surface area contributed by atoms with Crippen LogP contribution >= 0.6 is 0 Å². The van der Waals surface area contributed by atoms with Crippen LogP contribution < -0.4 is 16.4 Å². The van der Waals surface area contributed by atoms with Crippen molar-refractivity contribution in [1.82, 2.24) is 20.4 Å². The number of hydrogen-bond donors (Lipinski definition) is 3. The second kappa shape index (κ2) is 11.2. The zero-order valence-corrected chi connectivity index (χ0v) is 18.7. The first-order chi connectivity index (χ1) is 15.3. The van der Waals surface area contributed by atoms with Crippen LogP contribution in [-0.4, -0.2) is 61.9 Å². The molecule has 7 rings (SSSR count). The van der Waals surface area contributed by atoms with Crippen molar-refractivity contribution in [2.75, 3.05) is 45.8 Å². The van der Waals surface area contributed by atoms with E-state index in [0.29, 0.717) is 13.1 Å². The summed E-state index contributed by atoms with van der Waals surface area (Å²) in [4.78, 5) is 4.37. The number of benzene rings is 1. The summed E-state index contributed by atoms with van der Waals surface area (Å²) >= 11 is 0. The summed E-state index contributed by atoms with van der Waals surface area (Å²) in [6.45, 7) is 5.07. The lowest BCUT2D eigenvalue weighted by molar-refractivity contribution is -0.0225. The van der Waals surface area contributed by atoms with E-state index in [1.54, 1.807) is 0 Å². The minimum atomic E-state index is -1.06. The van der Waals surface area contributed by atoms with Crippen LogP contribution in [0.4, 0.5) is 4.39 Å². The molecule has 6 heterocycles. The fourth-order valence-corrected chi connectivity index (χ4v) is 4.97. The van der Waals surface area contributed by atoms with Crippen molar-refractivity contribution in [3.05, 3.63) is 58.8 Å². The van der Waals surface area contributed by atoms with Crippen LogP contribution in [-0.2, 0) is 6.42 Å². The highest BCUT2D eigenvalue weighted by atomic mass is 19.1. The second-order valence-electron chi connectivity index (χ2n) is 8.96. The Balaban J connectivity index is 1.62. The van der Waals surface area contributed by atoms with Gasteiger partial charge in [-0.25, -0.2) is 9.29 Å². The van der Waals surface area contributed by atoms with Crippen molar-refractivity contribution in [2.45, 2.75) is 51.0 Å². The SMILES string of the molecule is NCC1=CC2=CCN1C(N1CCCCCCCNCCNCC1F)c1ccc(cc1)C2. The summed E-state index contributed by atoms with van der Waals surface area (Å²) in [6, 6.07) is 8.76. The standard InChI is InChI=1S/C25H38FN5/c26-24-19-29-13-12-28-11-4-2-1-3-5-14-31(24)25-22-8-6-20(7-9-22)16-21-10-15-30(25)23(17-21)18-27/h6-10,17,24-25,28-29H,1-5,11-16,18-19,27H2. The molecule has 0 spiro atoms. The van der Waals surface area contributed by atoms with Crippen LogP contribution in [0.2, 0.25) is 0 Å². The summed E-state index contributed by atoms with van der Waals surface area (Å²) in [5.41, 5.74) is 11.0. The van der Waals surface area contributed by atoms with Gasteiger partial charge in [0.05, 0.1) is 0 Å². The van der Waals surface area contributed by atoms with Gasteiger partial charge in [-0.05, 0) is 48.6 Å². The van der Waals surface area contributed by atoms with Gasteiger partial charge in [0, 0.05) is 45.0 Å². The first kappa shape index (κ1) is 22.5. The maximum Gasteiger partial charge on any atom is 0.168 e. The van der Waals surface area contributed by atoms with Crippen molar-refractivity contribution in [3.63, 3.8) is 0 Å². The lowest BCUT2D eigenvalue weighted by atomic mass is 9.95. The first-order valence-electron chi connectivity index (χ1n) is 12.0. The molecule has 0 amide bonds. The molecule has 5 nitrogen and oxygen atoms in total. The molecule has 1 aromatic rings. The highest BCUT2D eigenvalue weighted by Crippen LogP contribution is 2.35. The molecule has 6 aliphatic heterocycles. The van der Waals surface area contributed by atoms with E-state index in [1.807, 2.05) is 0 Å². The third kappa shape index (κ3) is 5.75. The van der Waals surface area contributed by atoms with Crippen LogP contribution in [0.3, 0.4) is 0 Å². The fourth-order valence-electron chi connectivity index (χ4n) is 4.97. The van der Waals surface area contributed by atoms with E-state index in [4.69, 9.17) is 5.73 Å². The Morgan fingerprint density at radius 1 is 0.968 bits per heavy atom. The Hall–Kier alpha value is -1.73. The largest absolute Gasteiger partial charge is 0.350 e. The van der Waals surface area contributed by atoms with Gasteiger partial charge in [0.15, 0.2) is 6.30 Å². The predicted molar refractivity (Wildman–Crippen MR) is 125 cm³/mol. The Morgan fingerprint density at radius 2 is 1.74 bits per heavy atom. The van der Waals surface area contributed by atoms with E-state index in [2.05, 4.69) is 56.9 Å². The molecule has 2 unspecified atom stereocenters. The maximum absolute atomic E-state index is 15.8. The van der Waals surface area contributed by atoms with Crippen molar-refractivity contribution in [1.29, 1.82) is 0 Å². The smallest absolute Gasteiger partial charge is 0.168 e. The van der Waals surface area contributed by atoms with E-state index in [-0.39, 0.29) is 6.17 Å². The molecule has 170 valence electrons. The molecule has 0 aromatic heterocycles. The number of alkyl halides is 1. The molecule has 6 aliphatic rings. The third-order valence-electron chi connectivity index (χ3n) is 6.70. The lowest BCUT2D eigenvalue weighted by Crippen LogP contribution is -2.50. The number of nitrogens with two attached hydrogens (primary N) is 1. The van der Waals surface area contributed by atoms with Gasteiger partial charge in [0.1, 0.15) is 6.17 Å². The molecule has 0 aliphatic carbocycles. The highest BCUT2D eigenvalue weighted by Gasteiger charge is 2.34. The van der Waals surface area contributed by atoms with Gasteiger partial charge in [-0.3, -0.25) is 0 Å². The number of allylic oxidation sites excluding steroid dienone is 2. The van der Waals surface area contributed by atoms with E-state index in [1.165, 1.54) is 30.4 Å². The zero-order valence-electron chi connectivity index (χ0n) is 18.7.